The van der Waals surface area contributed by atoms with Crippen molar-refractivity contribution in [3.8, 4) is 0 Å². The summed E-state index contributed by atoms with van der Waals surface area (Å²) in [6.07, 6.45) is 1.81. The SMILES string of the molecule is CN(C)c1ccc(/C=C2/N=C(c3ccc(C(C)(C)C)cc3)NC2=O)cc1. The van der Waals surface area contributed by atoms with Crippen LogP contribution in [0, 0.1) is 0 Å². The van der Waals surface area contributed by atoms with Crippen molar-refractivity contribution in [2.45, 2.75) is 26.2 Å². The number of hydrogen-bond acceptors (Lipinski definition) is 3. The molecule has 2 aromatic rings. The van der Waals surface area contributed by atoms with Crippen molar-refractivity contribution in [2.24, 2.45) is 4.99 Å². The van der Waals surface area contributed by atoms with E-state index >= 15 is 0 Å². The normalized spacial score (nSPS) is 15.8. The van der Waals surface area contributed by atoms with E-state index in [-0.39, 0.29) is 11.3 Å². The molecule has 0 aromatic heterocycles. The summed E-state index contributed by atoms with van der Waals surface area (Å²) in [7, 11) is 4.00. The molecule has 0 spiro atoms. The number of hydrogen-bond donors (Lipinski definition) is 1. The number of aliphatic imine (C=N–C) groups is 1. The molecule has 0 saturated heterocycles. The van der Waals surface area contributed by atoms with Crippen LogP contribution in [0.15, 0.2) is 59.2 Å². The molecule has 3 rings (SSSR count). The van der Waals surface area contributed by atoms with Gasteiger partial charge in [0.2, 0.25) is 0 Å². The van der Waals surface area contributed by atoms with Gasteiger partial charge in [-0.25, -0.2) is 4.99 Å². The third kappa shape index (κ3) is 3.85. The number of carbonyl (C=O) groups excluding carboxylic acids is 1. The molecule has 0 radical (unpaired) electrons. The van der Waals surface area contributed by atoms with Crippen LogP contribution in [0.2, 0.25) is 0 Å². The number of nitrogens with zero attached hydrogens (tertiary/aromatic N) is 2. The van der Waals surface area contributed by atoms with Gasteiger partial charge in [0, 0.05) is 25.3 Å². The molecule has 1 amide bonds. The highest BCUT2D eigenvalue weighted by Crippen LogP contribution is 2.23. The van der Waals surface area contributed by atoms with Crippen LogP contribution in [-0.2, 0) is 10.2 Å². The van der Waals surface area contributed by atoms with Gasteiger partial charge >= 0.3 is 0 Å². The number of benzene rings is 2. The maximum Gasteiger partial charge on any atom is 0.275 e. The summed E-state index contributed by atoms with van der Waals surface area (Å²) in [5, 5.41) is 2.86. The number of amides is 1. The van der Waals surface area contributed by atoms with Crippen LogP contribution in [0.3, 0.4) is 0 Å². The molecule has 1 aliphatic heterocycles. The van der Waals surface area contributed by atoms with E-state index < -0.39 is 0 Å². The van der Waals surface area contributed by atoms with Crippen LogP contribution in [-0.4, -0.2) is 25.8 Å². The Kier molecular flexibility index (Phi) is 4.68. The maximum absolute atomic E-state index is 12.3. The van der Waals surface area contributed by atoms with Gasteiger partial charge in [-0.05, 0) is 34.8 Å². The van der Waals surface area contributed by atoms with Gasteiger partial charge in [0.05, 0.1) is 0 Å². The quantitative estimate of drug-likeness (QED) is 0.854. The molecular formula is C22H25N3O. The van der Waals surface area contributed by atoms with Crippen molar-refractivity contribution < 1.29 is 4.79 Å². The number of carbonyl (C=O) groups is 1. The van der Waals surface area contributed by atoms with Gasteiger partial charge in [0.15, 0.2) is 0 Å². The zero-order chi connectivity index (χ0) is 18.9. The molecule has 2 aromatic carbocycles. The minimum atomic E-state index is -0.170. The van der Waals surface area contributed by atoms with E-state index in [1.54, 1.807) is 0 Å². The van der Waals surface area contributed by atoms with Crippen molar-refractivity contribution in [1.82, 2.24) is 5.32 Å². The second-order valence-electron chi connectivity index (χ2n) is 7.76. The number of nitrogens with one attached hydrogen (secondary N) is 1. The first-order valence-electron chi connectivity index (χ1n) is 8.74. The van der Waals surface area contributed by atoms with Crippen molar-refractivity contribution in [1.29, 1.82) is 0 Å². The van der Waals surface area contributed by atoms with Crippen molar-refractivity contribution in [3.05, 3.63) is 70.9 Å². The molecule has 0 saturated carbocycles. The molecule has 1 heterocycles. The lowest BCUT2D eigenvalue weighted by Gasteiger charge is -2.19. The largest absolute Gasteiger partial charge is 0.378 e. The molecule has 4 heteroatoms. The van der Waals surface area contributed by atoms with Gasteiger partial charge in [0.1, 0.15) is 11.5 Å². The van der Waals surface area contributed by atoms with Crippen LogP contribution >= 0.6 is 0 Å². The molecule has 1 aliphatic rings. The van der Waals surface area contributed by atoms with Crippen LogP contribution in [0.4, 0.5) is 5.69 Å². The summed E-state index contributed by atoms with van der Waals surface area (Å²) in [4.78, 5) is 18.8. The number of anilines is 1. The summed E-state index contributed by atoms with van der Waals surface area (Å²) >= 11 is 0. The first-order valence-corrected chi connectivity index (χ1v) is 8.74. The summed E-state index contributed by atoms with van der Waals surface area (Å²) in [6.45, 7) is 6.54. The standard InChI is InChI=1S/C22H25N3O/c1-22(2,3)17-10-8-16(9-11-17)20-23-19(21(26)24-20)14-15-6-12-18(13-7-15)25(4)5/h6-14H,1-5H3,(H,23,24,26)/b19-14+. The molecule has 0 aliphatic carbocycles. The fourth-order valence-electron chi connectivity index (χ4n) is 2.76. The topological polar surface area (TPSA) is 44.7 Å². The molecule has 1 N–H and O–H groups in total. The van der Waals surface area contributed by atoms with Crippen molar-refractivity contribution >= 4 is 23.5 Å². The Balaban J connectivity index is 1.84. The molecule has 134 valence electrons. The maximum atomic E-state index is 12.3. The number of amidine groups is 1. The van der Waals surface area contributed by atoms with Crippen LogP contribution in [0.1, 0.15) is 37.5 Å². The Morgan fingerprint density at radius 3 is 2.12 bits per heavy atom. The van der Waals surface area contributed by atoms with Gasteiger partial charge in [-0.1, -0.05) is 57.2 Å². The van der Waals surface area contributed by atoms with E-state index in [0.29, 0.717) is 11.5 Å². The van der Waals surface area contributed by atoms with E-state index in [2.05, 4.69) is 43.2 Å². The van der Waals surface area contributed by atoms with Gasteiger partial charge < -0.3 is 10.2 Å². The predicted molar refractivity (Wildman–Crippen MR) is 109 cm³/mol. The second-order valence-corrected chi connectivity index (χ2v) is 7.76. The fourth-order valence-corrected chi connectivity index (χ4v) is 2.76. The summed E-state index contributed by atoms with van der Waals surface area (Å²) in [5.41, 5.74) is 4.77. The van der Waals surface area contributed by atoms with Crippen molar-refractivity contribution in [2.75, 3.05) is 19.0 Å². The Morgan fingerprint density at radius 2 is 1.58 bits per heavy atom. The lowest BCUT2D eigenvalue weighted by Crippen LogP contribution is -2.24. The highest BCUT2D eigenvalue weighted by molar-refractivity contribution is 6.19. The summed E-state index contributed by atoms with van der Waals surface area (Å²) in [5.74, 6) is 0.434. The molecule has 0 atom stereocenters. The fraction of sp³-hybridized carbons (Fsp3) is 0.273. The average Bonchev–Trinajstić information content (AvgIpc) is 2.95. The molecular weight excluding hydrogens is 322 g/mol. The molecule has 4 nitrogen and oxygen atoms in total. The Hall–Kier alpha value is -2.88. The molecule has 0 fully saturated rings. The lowest BCUT2D eigenvalue weighted by atomic mass is 9.86. The van der Waals surface area contributed by atoms with Crippen molar-refractivity contribution in [3.63, 3.8) is 0 Å². The van der Waals surface area contributed by atoms with Gasteiger partial charge in [0.25, 0.3) is 5.91 Å². The Bertz CT molecular complexity index is 867. The zero-order valence-corrected chi connectivity index (χ0v) is 16.0. The van der Waals surface area contributed by atoms with Crippen LogP contribution in [0.25, 0.3) is 6.08 Å². The van der Waals surface area contributed by atoms with E-state index in [9.17, 15) is 4.79 Å². The summed E-state index contributed by atoms with van der Waals surface area (Å²) in [6, 6.07) is 16.2. The minimum absolute atomic E-state index is 0.100. The molecule has 0 bridgehead atoms. The highest BCUT2D eigenvalue weighted by Gasteiger charge is 2.21. The first kappa shape index (κ1) is 17.9. The van der Waals surface area contributed by atoms with E-state index in [4.69, 9.17) is 0 Å². The molecule has 0 unspecified atom stereocenters. The van der Waals surface area contributed by atoms with Gasteiger partial charge in [-0.2, -0.15) is 0 Å². The van der Waals surface area contributed by atoms with Crippen LogP contribution in [0.5, 0.6) is 0 Å². The van der Waals surface area contributed by atoms with Gasteiger partial charge in [-0.15, -0.1) is 0 Å². The van der Waals surface area contributed by atoms with E-state index in [0.717, 1.165) is 16.8 Å². The first-order chi connectivity index (χ1) is 12.2. The number of rotatable bonds is 3. The smallest absolute Gasteiger partial charge is 0.275 e. The third-order valence-corrected chi connectivity index (χ3v) is 4.43. The zero-order valence-electron chi connectivity index (χ0n) is 16.0. The second kappa shape index (κ2) is 6.79. The Morgan fingerprint density at radius 1 is 0.962 bits per heavy atom. The highest BCUT2D eigenvalue weighted by atomic mass is 16.2. The Labute approximate surface area is 155 Å². The van der Waals surface area contributed by atoms with Gasteiger partial charge in [-0.3, -0.25) is 4.79 Å². The summed E-state index contributed by atoms with van der Waals surface area (Å²) < 4.78 is 0. The predicted octanol–water partition coefficient (Wildman–Crippen LogP) is 3.97. The minimum Gasteiger partial charge on any atom is -0.378 e. The lowest BCUT2D eigenvalue weighted by molar-refractivity contribution is -0.115. The average molecular weight is 347 g/mol. The third-order valence-electron chi connectivity index (χ3n) is 4.43. The molecule has 26 heavy (non-hydrogen) atoms. The van der Waals surface area contributed by atoms with E-state index in [1.165, 1.54) is 5.56 Å². The van der Waals surface area contributed by atoms with E-state index in [1.807, 2.05) is 61.5 Å². The van der Waals surface area contributed by atoms with Crippen LogP contribution < -0.4 is 10.2 Å². The monoisotopic (exact) mass is 347 g/mol.